The van der Waals surface area contributed by atoms with Crippen molar-refractivity contribution in [2.75, 3.05) is 30.9 Å². The van der Waals surface area contributed by atoms with Crippen LogP contribution < -0.4 is 10.6 Å². The van der Waals surface area contributed by atoms with Gasteiger partial charge < -0.3 is 25.0 Å². The zero-order valence-corrected chi connectivity index (χ0v) is 9.55. The fraction of sp³-hybridized carbons (Fsp3) is 0.600. The monoisotopic (exact) mass is 241 g/mol. The summed E-state index contributed by atoms with van der Waals surface area (Å²) in [4.78, 5) is 13.4. The highest BCUT2D eigenvalue weighted by molar-refractivity contribution is 5.99. The number of carbonyl (C=O) groups is 1. The number of rotatable bonds is 3. The molecule has 1 unspecified atom stereocenters. The number of esters is 1. The molecular weight excluding hydrogens is 226 g/mol. The molecular formula is C10H15N3O4. The van der Waals surface area contributed by atoms with Crippen LogP contribution in [0.4, 0.5) is 11.7 Å². The van der Waals surface area contributed by atoms with Gasteiger partial charge in [0.15, 0.2) is 11.4 Å². The van der Waals surface area contributed by atoms with Crippen LogP contribution in [0.5, 0.6) is 0 Å². The van der Waals surface area contributed by atoms with Gasteiger partial charge in [-0.05, 0) is 12.8 Å². The molecule has 17 heavy (non-hydrogen) atoms. The molecule has 0 spiro atoms. The Morgan fingerprint density at radius 2 is 2.53 bits per heavy atom. The van der Waals surface area contributed by atoms with Crippen LogP contribution in [0.2, 0.25) is 0 Å². The lowest BCUT2D eigenvalue weighted by Gasteiger charge is -2.22. The third-order valence-corrected chi connectivity index (χ3v) is 2.95. The molecule has 1 aliphatic rings. The average molecular weight is 241 g/mol. The lowest BCUT2D eigenvalue weighted by molar-refractivity contribution is 0.0602. The van der Waals surface area contributed by atoms with E-state index in [1.54, 1.807) is 0 Å². The number of ether oxygens (including phenoxy) is 1. The van der Waals surface area contributed by atoms with Gasteiger partial charge in [0.2, 0.25) is 5.88 Å². The van der Waals surface area contributed by atoms with Crippen LogP contribution in [0.15, 0.2) is 4.52 Å². The summed E-state index contributed by atoms with van der Waals surface area (Å²) in [7, 11) is 1.27. The van der Waals surface area contributed by atoms with Gasteiger partial charge in [-0.15, -0.1) is 0 Å². The molecule has 0 aliphatic carbocycles. The Balaban J connectivity index is 2.35. The number of aliphatic hydroxyl groups excluding tert-OH is 1. The van der Waals surface area contributed by atoms with Gasteiger partial charge in [0.1, 0.15) is 0 Å². The van der Waals surface area contributed by atoms with Gasteiger partial charge in [0.25, 0.3) is 0 Å². The molecule has 1 saturated heterocycles. The Kier molecular flexibility index (Phi) is 3.19. The summed E-state index contributed by atoms with van der Waals surface area (Å²) >= 11 is 0. The number of aliphatic hydroxyl groups is 1. The van der Waals surface area contributed by atoms with Crippen LogP contribution in [0.3, 0.4) is 0 Å². The van der Waals surface area contributed by atoms with Gasteiger partial charge in [0, 0.05) is 6.54 Å². The second-order valence-corrected chi connectivity index (χ2v) is 3.91. The van der Waals surface area contributed by atoms with Crippen LogP contribution in [0.25, 0.3) is 0 Å². The Morgan fingerprint density at radius 1 is 1.76 bits per heavy atom. The van der Waals surface area contributed by atoms with Gasteiger partial charge in [-0.2, -0.15) is 0 Å². The first-order valence-corrected chi connectivity index (χ1v) is 5.40. The van der Waals surface area contributed by atoms with Crippen molar-refractivity contribution >= 4 is 17.7 Å². The normalized spacial score (nSPS) is 19.6. The smallest absolute Gasteiger partial charge is 0.347 e. The van der Waals surface area contributed by atoms with E-state index in [9.17, 15) is 9.90 Å². The maximum Gasteiger partial charge on any atom is 0.347 e. The van der Waals surface area contributed by atoms with E-state index >= 15 is 0 Å². The number of anilines is 2. The van der Waals surface area contributed by atoms with E-state index in [4.69, 9.17) is 10.3 Å². The van der Waals surface area contributed by atoms with Crippen molar-refractivity contribution in [3.8, 4) is 0 Å². The van der Waals surface area contributed by atoms with Crippen molar-refractivity contribution in [1.29, 1.82) is 0 Å². The third-order valence-electron chi connectivity index (χ3n) is 2.95. The quantitative estimate of drug-likeness (QED) is 0.718. The van der Waals surface area contributed by atoms with Crippen molar-refractivity contribution in [1.82, 2.24) is 5.16 Å². The lowest BCUT2D eigenvalue weighted by Crippen LogP contribution is -2.33. The molecule has 3 N–H and O–H groups in total. The first kappa shape index (κ1) is 11.7. The number of nitrogens with zero attached hydrogens (tertiary/aromatic N) is 2. The van der Waals surface area contributed by atoms with Crippen LogP contribution in [-0.4, -0.2) is 42.5 Å². The molecule has 2 heterocycles. The minimum absolute atomic E-state index is 0.00732. The molecule has 7 nitrogen and oxygen atoms in total. The number of aromatic nitrogens is 1. The second-order valence-electron chi connectivity index (χ2n) is 3.91. The van der Waals surface area contributed by atoms with E-state index in [1.165, 1.54) is 7.11 Å². The van der Waals surface area contributed by atoms with Crippen molar-refractivity contribution in [2.45, 2.75) is 18.9 Å². The summed E-state index contributed by atoms with van der Waals surface area (Å²) in [5.74, 6) is -0.288. The number of carbonyl (C=O) groups excluding carboxylic acids is 1. The first-order chi connectivity index (χ1) is 8.19. The van der Waals surface area contributed by atoms with E-state index in [2.05, 4.69) is 9.89 Å². The molecule has 0 bridgehead atoms. The molecule has 0 amide bonds. The maximum absolute atomic E-state index is 11.6. The zero-order valence-electron chi connectivity index (χ0n) is 9.55. The Bertz CT molecular complexity index is 418. The third kappa shape index (κ3) is 1.93. The fourth-order valence-corrected chi connectivity index (χ4v) is 2.09. The highest BCUT2D eigenvalue weighted by Gasteiger charge is 2.32. The second kappa shape index (κ2) is 4.62. The number of nitrogen functional groups attached to an aromatic ring is 1. The van der Waals surface area contributed by atoms with Crippen LogP contribution in [-0.2, 0) is 4.74 Å². The molecule has 0 radical (unpaired) electrons. The minimum Gasteiger partial charge on any atom is -0.465 e. The molecule has 1 atom stereocenters. The van der Waals surface area contributed by atoms with Crippen LogP contribution >= 0.6 is 0 Å². The highest BCUT2D eigenvalue weighted by Crippen LogP contribution is 2.31. The van der Waals surface area contributed by atoms with Gasteiger partial charge in [-0.1, -0.05) is 5.16 Å². The van der Waals surface area contributed by atoms with Gasteiger partial charge in [-0.25, -0.2) is 4.79 Å². The maximum atomic E-state index is 11.6. The van der Waals surface area contributed by atoms with Crippen LogP contribution in [0.1, 0.15) is 23.2 Å². The van der Waals surface area contributed by atoms with Crippen molar-refractivity contribution in [2.24, 2.45) is 0 Å². The highest BCUT2D eigenvalue weighted by atomic mass is 16.5. The van der Waals surface area contributed by atoms with Gasteiger partial charge in [-0.3, -0.25) is 0 Å². The molecule has 7 heteroatoms. The van der Waals surface area contributed by atoms with E-state index in [1.807, 2.05) is 4.90 Å². The van der Waals surface area contributed by atoms with Crippen molar-refractivity contribution < 1.29 is 19.2 Å². The number of nitrogens with two attached hydrogens (primary N) is 1. The summed E-state index contributed by atoms with van der Waals surface area (Å²) in [5.41, 5.74) is 5.69. The molecule has 1 aromatic rings. The Labute approximate surface area is 98.1 Å². The topological polar surface area (TPSA) is 102 Å². The van der Waals surface area contributed by atoms with E-state index in [0.717, 1.165) is 12.8 Å². The fourth-order valence-electron chi connectivity index (χ4n) is 2.09. The van der Waals surface area contributed by atoms with Crippen LogP contribution in [0, 0.1) is 0 Å². The molecule has 1 aliphatic heterocycles. The summed E-state index contributed by atoms with van der Waals surface area (Å²) in [5, 5.41) is 13.0. The number of hydrogen-bond donors (Lipinski definition) is 2. The minimum atomic E-state index is -0.581. The molecule has 2 rings (SSSR count). The van der Waals surface area contributed by atoms with E-state index in [0.29, 0.717) is 12.4 Å². The number of hydrogen-bond acceptors (Lipinski definition) is 7. The molecule has 0 saturated carbocycles. The summed E-state index contributed by atoms with van der Waals surface area (Å²) in [6.45, 7) is 0.717. The Hall–Kier alpha value is -1.76. The number of methoxy groups -OCH3 is 1. The lowest BCUT2D eigenvalue weighted by atomic mass is 10.2. The predicted octanol–water partition coefficient (Wildman–Crippen LogP) is 0.00450. The van der Waals surface area contributed by atoms with E-state index in [-0.39, 0.29) is 24.1 Å². The summed E-state index contributed by atoms with van der Waals surface area (Å²) in [6, 6.07) is -0.0529. The molecule has 94 valence electrons. The largest absolute Gasteiger partial charge is 0.465 e. The van der Waals surface area contributed by atoms with E-state index < -0.39 is 5.97 Å². The average Bonchev–Trinajstić information content (AvgIpc) is 2.93. The zero-order chi connectivity index (χ0) is 12.4. The van der Waals surface area contributed by atoms with Gasteiger partial charge >= 0.3 is 5.97 Å². The predicted molar refractivity (Wildman–Crippen MR) is 59.7 cm³/mol. The SMILES string of the molecule is COC(=O)c1c(N2CCCC2CO)noc1N. The Morgan fingerprint density at radius 3 is 3.18 bits per heavy atom. The molecule has 1 aromatic heterocycles. The molecule has 1 fully saturated rings. The van der Waals surface area contributed by atoms with Crippen molar-refractivity contribution in [3.05, 3.63) is 5.56 Å². The first-order valence-electron chi connectivity index (χ1n) is 5.40. The summed E-state index contributed by atoms with van der Waals surface area (Å²) in [6.07, 6.45) is 1.78. The van der Waals surface area contributed by atoms with Crippen molar-refractivity contribution in [3.63, 3.8) is 0 Å². The van der Waals surface area contributed by atoms with Gasteiger partial charge in [0.05, 0.1) is 19.8 Å². The molecule has 0 aromatic carbocycles. The summed E-state index contributed by atoms with van der Waals surface area (Å²) < 4.78 is 9.46. The standard InChI is InChI=1S/C10H15N3O4/c1-16-10(15)7-8(11)17-12-9(7)13-4-2-3-6(13)5-14/h6,14H,2-5,11H2,1H3.